The average Bonchev–Trinajstić information content (AvgIpc) is 2.54. The predicted molar refractivity (Wildman–Crippen MR) is 76.2 cm³/mol. The molecule has 3 nitrogen and oxygen atoms in total. The summed E-state index contributed by atoms with van der Waals surface area (Å²) in [7, 11) is 0. The number of hydrogen-bond donors (Lipinski definition) is 1. The Balaban J connectivity index is 2.90. The molecule has 1 fully saturated rings. The van der Waals surface area contributed by atoms with Crippen LogP contribution in [0.25, 0.3) is 0 Å². The van der Waals surface area contributed by atoms with Crippen LogP contribution in [0.15, 0.2) is 0 Å². The van der Waals surface area contributed by atoms with Crippen molar-refractivity contribution < 1.29 is 4.79 Å². The van der Waals surface area contributed by atoms with E-state index in [-0.39, 0.29) is 23.0 Å². The fraction of sp³-hybridized carbons (Fsp3) is 0.933. The molecule has 0 aromatic rings. The number of carbonyl (C=O) groups is 1. The molecule has 0 aliphatic carbocycles. The molecule has 0 saturated carbocycles. The van der Waals surface area contributed by atoms with E-state index in [0.717, 1.165) is 19.4 Å². The third-order valence-electron chi connectivity index (χ3n) is 4.83. The van der Waals surface area contributed by atoms with Crippen molar-refractivity contribution in [2.75, 3.05) is 6.54 Å². The highest BCUT2D eigenvalue weighted by Crippen LogP contribution is 2.32. The lowest BCUT2D eigenvalue weighted by Crippen LogP contribution is -2.45. The van der Waals surface area contributed by atoms with Crippen molar-refractivity contribution in [2.45, 2.75) is 73.0 Å². The molecule has 2 unspecified atom stereocenters. The van der Waals surface area contributed by atoms with Gasteiger partial charge in [0, 0.05) is 6.54 Å². The van der Waals surface area contributed by atoms with E-state index in [4.69, 9.17) is 0 Å². The first-order chi connectivity index (χ1) is 8.18. The Morgan fingerprint density at radius 3 is 2.33 bits per heavy atom. The first-order valence-corrected chi connectivity index (χ1v) is 7.26. The Labute approximate surface area is 112 Å². The SMILES string of the molecule is CCC1NC(C)(CC)C(=O)N1CC(C)(C)C(C)C. The molecule has 18 heavy (non-hydrogen) atoms. The zero-order valence-corrected chi connectivity index (χ0v) is 13.1. The van der Waals surface area contributed by atoms with Crippen LogP contribution in [-0.4, -0.2) is 29.1 Å². The summed E-state index contributed by atoms with van der Waals surface area (Å²) in [5.74, 6) is 0.835. The first kappa shape index (κ1) is 15.5. The first-order valence-electron chi connectivity index (χ1n) is 7.26. The standard InChI is InChI=1S/C15H30N2O/c1-8-12-16-15(7,9-2)13(18)17(12)10-14(5,6)11(3)4/h11-12,16H,8-10H2,1-7H3. The third-order valence-corrected chi connectivity index (χ3v) is 4.83. The zero-order valence-electron chi connectivity index (χ0n) is 13.1. The van der Waals surface area contributed by atoms with Gasteiger partial charge in [0.25, 0.3) is 0 Å². The molecular weight excluding hydrogens is 224 g/mol. The van der Waals surface area contributed by atoms with Gasteiger partial charge in [-0.15, -0.1) is 0 Å². The number of nitrogens with one attached hydrogen (secondary N) is 1. The van der Waals surface area contributed by atoms with E-state index < -0.39 is 0 Å². The zero-order chi connectivity index (χ0) is 14.1. The molecule has 1 rings (SSSR count). The van der Waals surface area contributed by atoms with Crippen LogP contribution < -0.4 is 5.32 Å². The van der Waals surface area contributed by atoms with Gasteiger partial charge in [-0.3, -0.25) is 10.1 Å². The molecule has 0 aromatic heterocycles. The van der Waals surface area contributed by atoms with Crippen LogP contribution in [0.1, 0.15) is 61.3 Å². The van der Waals surface area contributed by atoms with E-state index in [0.29, 0.717) is 5.92 Å². The van der Waals surface area contributed by atoms with Gasteiger partial charge in [0.2, 0.25) is 5.91 Å². The van der Waals surface area contributed by atoms with Crippen LogP contribution in [0.4, 0.5) is 0 Å². The minimum atomic E-state index is -0.367. The van der Waals surface area contributed by atoms with Gasteiger partial charge < -0.3 is 4.90 Å². The third kappa shape index (κ3) is 2.71. The molecule has 3 heteroatoms. The highest BCUT2D eigenvalue weighted by molar-refractivity contribution is 5.88. The van der Waals surface area contributed by atoms with E-state index in [1.807, 2.05) is 6.92 Å². The molecule has 1 N–H and O–H groups in total. The molecule has 1 amide bonds. The Hall–Kier alpha value is -0.570. The van der Waals surface area contributed by atoms with Crippen LogP contribution in [0.5, 0.6) is 0 Å². The van der Waals surface area contributed by atoms with Gasteiger partial charge in [-0.2, -0.15) is 0 Å². The predicted octanol–water partition coefficient (Wildman–Crippen LogP) is 3.01. The van der Waals surface area contributed by atoms with Crippen LogP contribution >= 0.6 is 0 Å². The maximum Gasteiger partial charge on any atom is 0.243 e. The normalized spacial score (nSPS) is 29.4. The smallest absolute Gasteiger partial charge is 0.243 e. The van der Waals surface area contributed by atoms with Gasteiger partial charge >= 0.3 is 0 Å². The summed E-state index contributed by atoms with van der Waals surface area (Å²) in [6.45, 7) is 16.0. The van der Waals surface area contributed by atoms with Crippen molar-refractivity contribution in [1.29, 1.82) is 0 Å². The van der Waals surface area contributed by atoms with Gasteiger partial charge in [-0.25, -0.2) is 0 Å². The number of hydrogen-bond acceptors (Lipinski definition) is 2. The number of rotatable bonds is 5. The van der Waals surface area contributed by atoms with E-state index in [9.17, 15) is 4.79 Å². The summed E-state index contributed by atoms with van der Waals surface area (Å²) in [5.41, 5.74) is -0.211. The quantitative estimate of drug-likeness (QED) is 0.818. The highest BCUT2D eigenvalue weighted by atomic mass is 16.2. The molecule has 1 aliphatic heterocycles. The summed E-state index contributed by atoms with van der Waals surface area (Å²) in [5, 5.41) is 3.50. The summed E-state index contributed by atoms with van der Waals surface area (Å²) in [6.07, 6.45) is 2.01. The van der Waals surface area contributed by atoms with Crippen molar-refractivity contribution in [3.63, 3.8) is 0 Å². The highest BCUT2D eigenvalue weighted by Gasteiger charge is 2.47. The van der Waals surface area contributed by atoms with Crippen LogP contribution in [0, 0.1) is 11.3 Å². The fourth-order valence-corrected chi connectivity index (χ4v) is 2.35. The lowest BCUT2D eigenvalue weighted by molar-refractivity contribution is -0.134. The second kappa shape index (κ2) is 5.20. The molecule has 1 heterocycles. The van der Waals surface area contributed by atoms with Crippen molar-refractivity contribution in [3.05, 3.63) is 0 Å². The Bertz CT molecular complexity index is 312. The number of nitrogens with zero attached hydrogens (tertiary/aromatic N) is 1. The van der Waals surface area contributed by atoms with Crippen molar-refractivity contribution in [3.8, 4) is 0 Å². The Kier molecular flexibility index (Phi) is 4.47. The van der Waals surface area contributed by atoms with Crippen molar-refractivity contribution in [1.82, 2.24) is 10.2 Å². The maximum absolute atomic E-state index is 12.6. The lowest BCUT2D eigenvalue weighted by atomic mass is 9.80. The largest absolute Gasteiger partial charge is 0.325 e. The van der Waals surface area contributed by atoms with E-state index >= 15 is 0 Å². The van der Waals surface area contributed by atoms with E-state index in [2.05, 4.69) is 51.8 Å². The average molecular weight is 254 g/mol. The molecule has 0 spiro atoms. The molecule has 106 valence electrons. The van der Waals surface area contributed by atoms with Crippen LogP contribution in [0.3, 0.4) is 0 Å². The molecular formula is C15H30N2O. The van der Waals surface area contributed by atoms with Crippen molar-refractivity contribution >= 4 is 5.91 Å². The topological polar surface area (TPSA) is 32.3 Å². The molecule has 1 saturated heterocycles. The van der Waals surface area contributed by atoms with Gasteiger partial charge in [-0.05, 0) is 31.1 Å². The molecule has 0 aromatic carbocycles. The summed E-state index contributed by atoms with van der Waals surface area (Å²) in [4.78, 5) is 14.7. The minimum absolute atomic E-state index is 0.156. The molecule has 0 bridgehead atoms. The van der Waals surface area contributed by atoms with Gasteiger partial charge in [0.15, 0.2) is 0 Å². The van der Waals surface area contributed by atoms with Crippen LogP contribution in [0.2, 0.25) is 0 Å². The second-order valence-corrected chi connectivity index (χ2v) is 6.83. The van der Waals surface area contributed by atoms with E-state index in [1.54, 1.807) is 0 Å². The second-order valence-electron chi connectivity index (χ2n) is 6.83. The van der Waals surface area contributed by atoms with Gasteiger partial charge in [-0.1, -0.05) is 41.5 Å². The number of amides is 1. The van der Waals surface area contributed by atoms with Crippen LogP contribution in [-0.2, 0) is 4.79 Å². The van der Waals surface area contributed by atoms with E-state index in [1.165, 1.54) is 0 Å². The summed E-state index contributed by atoms with van der Waals surface area (Å²) < 4.78 is 0. The fourth-order valence-electron chi connectivity index (χ4n) is 2.35. The van der Waals surface area contributed by atoms with Gasteiger partial charge in [0.05, 0.1) is 11.7 Å². The summed E-state index contributed by atoms with van der Waals surface area (Å²) in [6, 6.07) is 0. The lowest BCUT2D eigenvalue weighted by Gasteiger charge is -2.36. The maximum atomic E-state index is 12.6. The molecule has 2 atom stereocenters. The monoisotopic (exact) mass is 254 g/mol. The van der Waals surface area contributed by atoms with Crippen molar-refractivity contribution in [2.24, 2.45) is 11.3 Å². The Morgan fingerprint density at radius 1 is 1.39 bits per heavy atom. The minimum Gasteiger partial charge on any atom is -0.325 e. The molecule has 1 aliphatic rings. The van der Waals surface area contributed by atoms with Gasteiger partial charge in [0.1, 0.15) is 0 Å². The number of carbonyl (C=O) groups excluding carboxylic acids is 1. The molecule has 0 radical (unpaired) electrons. The summed E-state index contributed by atoms with van der Waals surface area (Å²) >= 11 is 0. The Morgan fingerprint density at radius 2 is 1.94 bits per heavy atom.